The minimum absolute atomic E-state index is 0.258. The van der Waals surface area contributed by atoms with Gasteiger partial charge in [-0.1, -0.05) is 6.58 Å². The Morgan fingerprint density at radius 3 is 2.56 bits per heavy atom. The second-order valence-corrected chi connectivity index (χ2v) is 4.33. The molecule has 0 bridgehead atoms. The van der Waals surface area contributed by atoms with Crippen LogP contribution in [0, 0.1) is 5.82 Å². The van der Waals surface area contributed by atoms with Gasteiger partial charge < -0.3 is 0 Å². The van der Waals surface area contributed by atoms with E-state index < -0.39 is 0 Å². The third kappa shape index (κ3) is 2.07. The highest BCUT2D eigenvalue weighted by molar-refractivity contribution is 9.10. The molecule has 0 aliphatic carbocycles. The number of allylic oxidation sites excluding steroid dienone is 1. The maximum atomic E-state index is 12.8. The van der Waals surface area contributed by atoms with Crippen molar-refractivity contribution in [2.24, 2.45) is 0 Å². The van der Waals surface area contributed by atoms with Crippen LogP contribution in [0.1, 0.15) is 12.6 Å². The van der Waals surface area contributed by atoms with Gasteiger partial charge in [0.1, 0.15) is 10.4 Å². The van der Waals surface area contributed by atoms with E-state index >= 15 is 0 Å². The van der Waals surface area contributed by atoms with Gasteiger partial charge in [0, 0.05) is 0 Å². The second kappa shape index (κ2) is 4.22. The molecular formula is C12H10BrFN2. The zero-order chi connectivity index (χ0) is 11.7. The molecule has 2 aromatic rings. The summed E-state index contributed by atoms with van der Waals surface area (Å²) in [5.74, 6) is -0.258. The first-order valence-corrected chi connectivity index (χ1v) is 5.54. The maximum absolute atomic E-state index is 12.8. The van der Waals surface area contributed by atoms with Crippen LogP contribution in [0.5, 0.6) is 0 Å². The van der Waals surface area contributed by atoms with E-state index in [1.165, 1.54) is 12.1 Å². The van der Waals surface area contributed by atoms with Crippen molar-refractivity contribution >= 4 is 21.5 Å². The van der Waals surface area contributed by atoms with E-state index in [4.69, 9.17) is 0 Å². The molecule has 1 aromatic carbocycles. The van der Waals surface area contributed by atoms with Gasteiger partial charge >= 0.3 is 0 Å². The lowest BCUT2D eigenvalue weighted by Gasteiger charge is -2.06. The van der Waals surface area contributed by atoms with Gasteiger partial charge in [-0.05, 0) is 58.8 Å². The van der Waals surface area contributed by atoms with Crippen molar-refractivity contribution in [2.75, 3.05) is 0 Å². The number of nitrogens with zero attached hydrogens (tertiary/aromatic N) is 2. The summed E-state index contributed by atoms with van der Waals surface area (Å²) in [5, 5.41) is 4.28. The molecule has 0 atom stereocenters. The fourth-order valence-electron chi connectivity index (χ4n) is 1.44. The van der Waals surface area contributed by atoms with Crippen LogP contribution in [0.2, 0.25) is 0 Å². The largest absolute Gasteiger partial charge is 0.232 e. The standard InChI is InChI=1S/C12H10BrFN2/c1-8(2)11-7-12(13)15-16(11)10-5-3-9(14)4-6-10/h3-7H,1H2,2H3. The summed E-state index contributed by atoms with van der Waals surface area (Å²) in [7, 11) is 0. The highest BCUT2D eigenvalue weighted by atomic mass is 79.9. The molecule has 0 aliphatic heterocycles. The first-order valence-electron chi connectivity index (χ1n) is 4.75. The lowest BCUT2D eigenvalue weighted by Crippen LogP contribution is -2.00. The zero-order valence-electron chi connectivity index (χ0n) is 8.74. The number of benzene rings is 1. The van der Waals surface area contributed by atoms with Crippen molar-refractivity contribution in [2.45, 2.75) is 6.92 Å². The van der Waals surface area contributed by atoms with E-state index in [2.05, 4.69) is 27.6 Å². The summed E-state index contributed by atoms with van der Waals surface area (Å²) in [6, 6.07) is 8.06. The Morgan fingerprint density at radius 1 is 1.38 bits per heavy atom. The molecule has 0 saturated heterocycles. The smallest absolute Gasteiger partial charge is 0.129 e. The van der Waals surface area contributed by atoms with Gasteiger partial charge in [0.15, 0.2) is 0 Å². The lowest BCUT2D eigenvalue weighted by atomic mass is 10.2. The first-order chi connectivity index (χ1) is 7.58. The van der Waals surface area contributed by atoms with Crippen LogP contribution in [0.15, 0.2) is 41.5 Å². The molecular weight excluding hydrogens is 271 g/mol. The monoisotopic (exact) mass is 280 g/mol. The summed E-state index contributed by atoms with van der Waals surface area (Å²) in [4.78, 5) is 0. The first kappa shape index (κ1) is 11.1. The fraction of sp³-hybridized carbons (Fsp3) is 0.0833. The van der Waals surface area contributed by atoms with E-state index in [9.17, 15) is 4.39 Å². The molecule has 16 heavy (non-hydrogen) atoms. The van der Waals surface area contributed by atoms with Crippen LogP contribution in [-0.4, -0.2) is 9.78 Å². The number of hydrogen-bond acceptors (Lipinski definition) is 1. The molecule has 2 nitrogen and oxygen atoms in total. The minimum atomic E-state index is -0.258. The maximum Gasteiger partial charge on any atom is 0.129 e. The second-order valence-electron chi connectivity index (χ2n) is 3.52. The lowest BCUT2D eigenvalue weighted by molar-refractivity contribution is 0.627. The van der Waals surface area contributed by atoms with Crippen molar-refractivity contribution < 1.29 is 4.39 Å². The zero-order valence-corrected chi connectivity index (χ0v) is 10.3. The highest BCUT2D eigenvalue weighted by Gasteiger charge is 2.08. The molecule has 0 N–H and O–H groups in total. The number of rotatable bonds is 2. The van der Waals surface area contributed by atoms with Gasteiger partial charge in [-0.15, -0.1) is 0 Å². The summed E-state index contributed by atoms with van der Waals surface area (Å²) in [6.45, 7) is 5.79. The Labute approximate surface area is 102 Å². The van der Waals surface area contributed by atoms with Gasteiger partial charge in [-0.3, -0.25) is 0 Å². The van der Waals surface area contributed by atoms with Crippen LogP contribution in [0.25, 0.3) is 11.3 Å². The fourth-order valence-corrected chi connectivity index (χ4v) is 1.81. The van der Waals surface area contributed by atoms with Gasteiger partial charge in [-0.2, -0.15) is 5.10 Å². The summed E-state index contributed by atoms with van der Waals surface area (Å²) >= 11 is 3.32. The van der Waals surface area contributed by atoms with Crippen LogP contribution in [0.4, 0.5) is 4.39 Å². The summed E-state index contributed by atoms with van der Waals surface area (Å²) in [6.07, 6.45) is 0. The quantitative estimate of drug-likeness (QED) is 0.818. The molecule has 82 valence electrons. The number of aromatic nitrogens is 2. The van der Waals surface area contributed by atoms with Crippen molar-refractivity contribution in [1.82, 2.24) is 9.78 Å². The van der Waals surface area contributed by atoms with Crippen molar-refractivity contribution in [3.05, 3.63) is 53.0 Å². The van der Waals surface area contributed by atoms with Crippen molar-refractivity contribution in [3.63, 3.8) is 0 Å². The predicted octanol–water partition coefficient (Wildman–Crippen LogP) is 3.81. The molecule has 0 aliphatic rings. The molecule has 1 aromatic heterocycles. The van der Waals surface area contributed by atoms with Crippen LogP contribution in [0.3, 0.4) is 0 Å². The molecule has 0 fully saturated rings. The Balaban J connectivity index is 2.55. The van der Waals surface area contributed by atoms with Gasteiger partial charge in [0.05, 0.1) is 11.4 Å². The molecule has 0 amide bonds. The minimum Gasteiger partial charge on any atom is -0.232 e. The van der Waals surface area contributed by atoms with Crippen molar-refractivity contribution in [1.29, 1.82) is 0 Å². The molecule has 4 heteroatoms. The van der Waals surface area contributed by atoms with E-state index in [1.807, 2.05) is 13.0 Å². The third-order valence-electron chi connectivity index (χ3n) is 2.19. The molecule has 0 radical (unpaired) electrons. The van der Waals surface area contributed by atoms with Gasteiger partial charge in [0.2, 0.25) is 0 Å². The van der Waals surface area contributed by atoms with Gasteiger partial charge in [0.25, 0.3) is 0 Å². The Hall–Kier alpha value is -1.42. The van der Waals surface area contributed by atoms with Crippen LogP contribution >= 0.6 is 15.9 Å². The van der Waals surface area contributed by atoms with E-state index in [0.717, 1.165) is 21.6 Å². The SMILES string of the molecule is C=C(C)c1cc(Br)nn1-c1ccc(F)cc1. The van der Waals surface area contributed by atoms with Crippen LogP contribution < -0.4 is 0 Å². The predicted molar refractivity (Wildman–Crippen MR) is 65.9 cm³/mol. The Morgan fingerprint density at radius 2 is 2.00 bits per heavy atom. The highest BCUT2D eigenvalue weighted by Crippen LogP contribution is 2.21. The Kier molecular flexibility index (Phi) is 2.92. The number of halogens is 2. The third-order valence-corrected chi connectivity index (χ3v) is 2.58. The van der Waals surface area contributed by atoms with E-state index in [-0.39, 0.29) is 5.82 Å². The van der Waals surface area contributed by atoms with E-state index in [0.29, 0.717) is 0 Å². The summed E-state index contributed by atoms with van der Waals surface area (Å²) < 4.78 is 15.3. The Bertz CT molecular complexity index is 528. The molecule has 0 saturated carbocycles. The van der Waals surface area contributed by atoms with E-state index in [1.54, 1.807) is 16.8 Å². The molecule has 0 spiro atoms. The molecule has 0 unspecified atom stereocenters. The normalized spacial score (nSPS) is 10.4. The van der Waals surface area contributed by atoms with Gasteiger partial charge in [-0.25, -0.2) is 9.07 Å². The van der Waals surface area contributed by atoms with Crippen LogP contribution in [-0.2, 0) is 0 Å². The average molecular weight is 281 g/mol. The van der Waals surface area contributed by atoms with Crippen molar-refractivity contribution in [3.8, 4) is 5.69 Å². The summed E-state index contributed by atoms with van der Waals surface area (Å²) in [5.41, 5.74) is 2.62. The molecule has 2 rings (SSSR count). The number of hydrogen-bond donors (Lipinski definition) is 0. The average Bonchev–Trinajstić information content (AvgIpc) is 2.61. The molecule has 1 heterocycles. The topological polar surface area (TPSA) is 17.8 Å².